The summed E-state index contributed by atoms with van der Waals surface area (Å²) in [5, 5.41) is 8.83. The summed E-state index contributed by atoms with van der Waals surface area (Å²) in [5.74, 6) is -0.354. The Morgan fingerprint density at radius 1 is 1.20 bits per heavy atom. The molecule has 0 amide bonds. The fourth-order valence-electron chi connectivity index (χ4n) is 2.03. The molecule has 102 valence electrons. The summed E-state index contributed by atoms with van der Waals surface area (Å²) in [4.78, 5) is 0.706. The summed E-state index contributed by atoms with van der Waals surface area (Å²) in [5.41, 5.74) is 2.71. The number of hydrogen-bond acceptors (Lipinski definition) is 2. The van der Waals surface area contributed by atoms with Crippen molar-refractivity contribution in [3.63, 3.8) is 0 Å². The molecule has 0 saturated carbocycles. The third-order valence-corrected chi connectivity index (χ3v) is 4.56. The van der Waals surface area contributed by atoms with Crippen LogP contribution in [0.4, 0.5) is 4.39 Å². The first-order chi connectivity index (χ1) is 9.51. The fourth-order valence-corrected chi connectivity index (χ4v) is 3.33. The maximum atomic E-state index is 13.7. The third-order valence-electron chi connectivity index (χ3n) is 3.04. The lowest BCUT2D eigenvalue weighted by molar-refractivity contribution is 0.615. The Kier molecular flexibility index (Phi) is 4.31. The van der Waals surface area contributed by atoms with Gasteiger partial charge in [-0.1, -0.05) is 17.7 Å². The normalized spacial score (nSPS) is 11.9. The van der Waals surface area contributed by atoms with Crippen molar-refractivity contribution in [3.8, 4) is 6.07 Å². The highest BCUT2D eigenvalue weighted by atomic mass is 32.2. The van der Waals surface area contributed by atoms with Crippen molar-refractivity contribution in [2.24, 2.45) is 0 Å². The quantitative estimate of drug-likeness (QED) is 0.865. The van der Waals surface area contributed by atoms with Gasteiger partial charge in [0.1, 0.15) is 5.82 Å². The number of hydrogen-bond donors (Lipinski definition) is 0. The summed E-state index contributed by atoms with van der Waals surface area (Å²) in [7, 11) is -1.32. The Bertz CT molecular complexity index is 719. The van der Waals surface area contributed by atoms with E-state index < -0.39 is 16.6 Å². The topological polar surface area (TPSA) is 40.9 Å². The highest BCUT2D eigenvalue weighted by Gasteiger charge is 2.12. The zero-order valence-electron chi connectivity index (χ0n) is 11.3. The number of rotatable bonds is 3. The second-order valence-corrected chi connectivity index (χ2v) is 6.10. The molecule has 0 saturated heterocycles. The lowest BCUT2D eigenvalue weighted by Crippen LogP contribution is -2.01. The molecule has 0 aliphatic rings. The van der Waals surface area contributed by atoms with Crippen LogP contribution in [-0.4, -0.2) is 4.21 Å². The lowest BCUT2D eigenvalue weighted by Gasteiger charge is -2.08. The molecule has 0 aromatic heterocycles. The molecule has 0 heterocycles. The fraction of sp³-hybridized carbons (Fsp3) is 0.188. The third kappa shape index (κ3) is 3.12. The van der Waals surface area contributed by atoms with Crippen molar-refractivity contribution >= 4 is 10.8 Å². The molecule has 0 spiro atoms. The van der Waals surface area contributed by atoms with Crippen LogP contribution < -0.4 is 0 Å². The molecule has 2 rings (SSSR count). The number of halogens is 1. The largest absolute Gasteiger partial charge is 0.254 e. The van der Waals surface area contributed by atoms with Gasteiger partial charge in [0.05, 0.1) is 28.2 Å². The number of nitriles is 1. The van der Waals surface area contributed by atoms with E-state index in [-0.39, 0.29) is 5.75 Å². The standard InChI is InChI=1S/C16H14FNOS/c1-11-3-6-16(12(2)7-11)20(19)10-14-8-13(9-18)4-5-15(14)17/h3-8H,10H2,1-2H3. The van der Waals surface area contributed by atoms with Crippen LogP contribution in [0, 0.1) is 31.0 Å². The van der Waals surface area contributed by atoms with Gasteiger partial charge in [-0.3, -0.25) is 4.21 Å². The molecule has 1 atom stereocenters. The Balaban J connectivity index is 2.30. The summed E-state index contributed by atoms with van der Waals surface area (Å²) < 4.78 is 26.1. The first-order valence-electron chi connectivity index (χ1n) is 6.15. The van der Waals surface area contributed by atoms with Crippen LogP contribution in [0.5, 0.6) is 0 Å². The smallest absolute Gasteiger partial charge is 0.127 e. The van der Waals surface area contributed by atoms with Crippen molar-refractivity contribution in [1.29, 1.82) is 5.26 Å². The molecule has 4 heteroatoms. The SMILES string of the molecule is Cc1ccc(S(=O)Cc2cc(C#N)ccc2F)c(C)c1. The summed E-state index contributed by atoms with van der Waals surface area (Å²) in [6.07, 6.45) is 0. The van der Waals surface area contributed by atoms with E-state index in [0.29, 0.717) is 16.0 Å². The van der Waals surface area contributed by atoms with Crippen LogP contribution in [0.2, 0.25) is 0 Å². The minimum absolute atomic E-state index is 0.0747. The molecule has 2 nitrogen and oxygen atoms in total. The maximum Gasteiger partial charge on any atom is 0.127 e. The van der Waals surface area contributed by atoms with Gasteiger partial charge in [-0.2, -0.15) is 5.26 Å². The van der Waals surface area contributed by atoms with E-state index >= 15 is 0 Å². The van der Waals surface area contributed by atoms with Gasteiger partial charge in [-0.05, 0) is 43.7 Å². The Hall–Kier alpha value is -1.99. The van der Waals surface area contributed by atoms with Crippen molar-refractivity contribution in [3.05, 3.63) is 64.5 Å². The summed E-state index contributed by atoms with van der Waals surface area (Å²) >= 11 is 0. The number of aryl methyl sites for hydroxylation is 2. The van der Waals surface area contributed by atoms with Crippen LogP contribution in [0.1, 0.15) is 22.3 Å². The zero-order chi connectivity index (χ0) is 14.7. The van der Waals surface area contributed by atoms with E-state index in [4.69, 9.17) is 5.26 Å². The van der Waals surface area contributed by atoms with Crippen molar-refractivity contribution in [2.75, 3.05) is 0 Å². The van der Waals surface area contributed by atoms with E-state index in [1.54, 1.807) is 0 Å². The van der Waals surface area contributed by atoms with Gasteiger partial charge >= 0.3 is 0 Å². The molecule has 0 aliphatic heterocycles. The zero-order valence-corrected chi connectivity index (χ0v) is 12.1. The Morgan fingerprint density at radius 3 is 2.60 bits per heavy atom. The van der Waals surface area contributed by atoms with E-state index in [9.17, 15) is 8.60 Å². The van der Waals surface area contributed by atoms with Crippen LogP contribution >= 0.6 is 0 Å². The molecule has 0 N–H and O–H groups in total. The second kappa shape index (κ2) is 5.98. The van der Waals surface area contributed by atoms with Crippen molar-refractivity contribution < 1.29 is 8.60 Å². The average molecular weight is 287 g/mol. The highest BCUT2D eigenvalue weighted by molar-refractivity contribution is 7.84. The predicted octanol–water partition coefficient (Wildman–Crippen LogP) is 3.62. The molecule has 0 fully saturated rings. The molecule has 2 aromatic rings. The van der Waals surface area contributed by atoms with Crippen LogP contribution in [0.15, 0.2) is 41.3 Å². The molecule has 20 heavy (non-hydrogen) atoms. The van der Waals surface area contributed by atoms with Gasteiger partial charge < -0.3 is 0 Å². The minimum Gasteiger partial charge on any atom is -0.254 e. The van der Waals surface area contributed by atoms with Crippen molar-refractivity contribution in [2.45, 2.75) is 24.5 Å². The molecule has 1 unspecified atom stereocenters. The Morgan fingerprint density at radius 2 is 1.95 bits per heavy atom. The van der Waals surface area contributed by atoms with Crippen LogP contribution in [0.25, 0.3) is 0 Å². The molecular formula is C16H14FNOS. The molecule has 0 radical (unpaired) electrons. The molecular weight excluding hydrogens is 273 g/mol. The van der Waals surface area contributed by atoms with Gasteiger partial charge in [-0.15, -0.1) is 0 Å². The van der Waals surface area contributed by atoms with Crippen LogP contribution in [0.3, 0.4) is 0 Å². The summed E-state index contributed by atoms with van der Waals surface area (Å²) in [6.45, 7) is 3.86. The Labute approximate surface area is 120 Å². The van der Waals surface area contributed by atoms with Gasteiger partial charge in [0, 0.05) is 10.5 Å². The van der Waals surface area contributed by atoms with Gasteiger partial charge in [-0.25, -0.2) is 4.39 Å². The van der Waals surface area contributed by atoms with E-state index in [2.05, 4.69) is 0 Å². The first kappa shape index (κ1) is 14.4. The minimum atomic E-state index is -1.32. The lowest BCUT2D eigenvalue weighted by atomic mass is 10.1. The van der Waals surface area contributed by atoms with E-state index in [1.165, 1.54) is 18.2 Å². The van der Waals surface area contributed by atoms with Gasteiger partial charge in [0.2, 0.25) is 0 Å². The van der Waals surface area contributed by atoms with Crippen LogP contribution in [-0.2, 0) is 16.6 Å². The average Bonchev–Trinajstić information content (AvgIpc) is 2.41. The number of benzene rings is 2. The predicted molar refractivity (Wildman–Crippen MR) is 77.1 cm³/mol. The molecule has 2 aromatic carbocycles. The molecule has 0 aliphatic carbocycles. The van der Waals surface area contributed by atoms with E-state index in [1.807, 2.05) is 38.1 Å². The maximum absolute atomic E-state index is 13.7. The number of nitrogens with zero attached hydrogens (tertiary/aromatic N) is 1. The first-order valence-corrected chi connectivity index (χ1v) is 7.47. The molecule has 0 bridgehead atoms. The second-order valence-electron chi connectivity index (χ2n) is 4.68. The van der Waals surface area contributed by atoms with E-state index in [0.717, 1.165) is 11.1 Å². The summed E-state index contributed by atoms with van der Waals surface area (Å²) in [6, 6.07) is 11.7. The van der Waals surface area contributed by atoms with Gasteiger partial charge in [0.25, 0.3) is 0 Å². The van der Waals surface area contributed by atoms with Gasteiger partial charge in [0.15, 0.2) is 0 Å². The highest BCUT2D eigenvalue weighted by Crippen LogP contribution is 2.20. The monoisotopic (exact) mass is 287 g/mol. The van der Waals surface area contributed by atoms with Crippen molar-refractivity contribution in [1.82, 2.24) is 0 Å².